The SMILES string of the molecule is CCCN=C(C)C(NCO[Si](OCNC)(C(C)C)C(C)C)c1ccc([N+](=O)[O-])cc1. The molecule has 0 fully saturated rings. The predicted molar refractivity (Wildman–Crippen MR) is 124 cm³/mol. The van der Waals surface area contributed by atoms with Gasteiger partial charge < -0.3 is 8.85 Å². The van der Waals surface area contributed by atoms with Gasteiger partial charge in [-0.15, -0.1) is 0 Å². The summed E-state index contributed by atoms with van der Waals surface area (Å²) in [5.41, 5.74) is 2.47. The molecule has 0 radical (unpaired) electrons. The molecular weight excluding hydrogens is 400 g/mol. The van der Waals surface area contributed by atoms with Crippen LogP contribution >= 0.6 is 0 Å². The summed E-state index contributed by atoms with van der Waals surface area (Å²) in [6.07, 6.45) is 0.954. The Bertz CT molecular complexity index is 672. The van der Waals surface area contributed by atoms with Crippen LogP contribution in [0.25, 0.3) is 0 Å². The number of benzene rings is 1. The lowest BCUT2D eigenvalue weighted by Gasteiger charge is -2.38. The molecule has 0 aliphatic carbocycles. The lowest BCUT2D eigenvalue weighted by molar-refractivity contribution is -0.384. The standard InChI is InChI=1S/C21H38N4O4Si/c1-8-13-23-18(6)21(19-9-11-20(12-10-19)25(26)27)24-15-29-30(16(2)3,17(4)5)28-14-22-7/h9-12,16-17,21-22,24H,8,13-15H2,1-7H3. The van der Waals surface area contributed by atoms with Gasteiger partial charge in [0.15, 0.2) is 0 Å². The highest BCUT2D eigenvalue weighted by Crippen LogP contribution is 2.34. The molecule has 0 saturated heterocycles. The summed E-state index contributed by atoms with van der Waals surface area (Å²) in [5, 5.41) is 17.5. The summed E-state index contributed by atoms with van der Waals surface area (Å²) in [4.78, 5) is 15.2. The van der Waals surface area contributed by atoms with E-state index in [1.165, 1.54) is 12.1 Å². The number of hydrogen-bond acceptors (Lipinski definition) is 7. The van der Waals surface area contributed by atoms with Crippen molar-refractivity contribution in [3.63, 3.8) is 0 Å². The molecule has 9 heteroatoms. The first-order valence-corrected chi connectivity index (χ1v) is 12.6. The third-order valence-corrected chi connectivity index (χ3v) is 9.49. The average Bonchev–Trinajstić information content (AvgIpc) is 2.71. The maximum atomic E-state index is 11.0. The van der Waals surface area contributed by atoms with Gasteiger partial charge in [0.2, 0.25) is 0 Å². The molecule has 0 bridgehead atoms. The first-order valence-electron chi connectivity index (χ1n) is 10.6. The van der Waals surface area contributed by atoms with E-state index in [2.05, 4.69) is 50.2 Å². The van der Waals surface area contributed by atoms with Crippen molar-refractivity contribution in [1.82, 2.24) is 10.6 Å². The van der Waals surface area contributed by atoms with Crippen molar-refractivity contribution in [2.45, 2.75) is 65.1 Å². The molecular formula is C21H38N4O4Si. The van der Waals surface area contributed by atoms with Crippen LogP contribution in [0.3, 0.4) is 0 Å². The first-order chi connectivity index (χ1) is 14.2. The zero-order chi connectivity index (χ0) is 22.7. The van der Waals surface area contributed by atoms with Gasteiger partial charge in [0.25, 0.3) is 5.69 Å². The first kappa shape index (κ1) is 26.4. The summed E-state index contributed by atoms with van der Waals surface area (Å²) >= 11 is 0. The normalized spacial score (nSPS) is 13.8. The molecule has 170 valence electrons. The number of rotatable bonds is 14. The van der Waals surface area contributed by atoms with Crippen LogP contribution in [0.5, 0.6) is 0 Å². The van der Waals surface area contributed by atoms with Crippen LogP contribution in [0.4, 0.5) is 5.69 Å². The van der Waals surface area contributed by atoms with Crippen LogP contribution in [0.1, 0.15) is 59.6 Å². The van der Waals surface area contributed by atoms with Crippen LogP contribution < -0.4 is 10.6 Å². The van der Waals surface area contributed by atoms with Gasteiger partial charge in [-0.2, -0.15) is 0 Å². The fourth-order valence-electron chi connectivity index (χ4n) is 3.47. The second-order valence-electron chi connectivity index (χ2n) is 7.97. The lowest BCUT2D eigenvalue weighted by atomic mass is 10.0. The minimum absolute atomic E-state index is 0.0726. The highest BCUT2D eigenvalue weighted by atomic mass is 28.4. The average molecular weight is 439 g/mol. The fourth-order valence-corrected chi connectivity index (χ4v) is 6.90. The van der Waals surface area contributed by atoms with Gasteiger partial charge in [0.05, 0.1) is 24.4 Å². The lowest BCUT2D eigenvalue weighted by Crippen LogP contribution is -2.51. The van der Waals surface area contributed by atoms with Gasteiger partial charge in [0.1, 0.15) is 0 Å². The van der Waals surface area contributed by atoms with Crippen LogP contribution in [-0.2, 0) is 8.85 Å². The van der Waals surface area contributed by atoms with Gasteiger partial charge >= 0.3 is 8.56 Å². The molecule has 0 amide bonds. The van der Waals surface area contributed by atoms with Crippen molar-refractivity contribution in [2.75, 3.05) is 27.1 Å². The minimum atomic E-state index is -2.48. The van der Waals surface area contributed by atoms with Crippen molar-refractivity contribution in [2.24, 2.45) is 4.99 Å². The molecule has 30 heavy (non-hydrogen) atoms. The van der Waals surface area contributed by atoms with Crippen molar-refractivity contribution in [1.29, 1.82) is 0 Å². The van der Waals surface area contributed by atoms with Gasteiger partial charge in [-0.05, 0) is 37.0 Å². The van der Waals surface area contributed by atoms with E-state index >= 15 is 0 Å². The van der Waals surface area contributed by atoms with Crippen molar-refractivity contribution in [3.05, 3.63) is 39.9 Å². The Balaban J connectivity index is 3.04. The van der Waals surface area contributed by atoms with E-state index in [0.717, 1.165) is 24.2 Å². The molecule has 0 aromatic heterocycles. The summed E-state index contributed by atoms with van der Waals surface area (Å²) in [5.74, 6) is 0. The Morgan fingerprint density at radius 3 is 2.17 bits per heavy atom. The minimum Gasteiger partial charge on any atom is -0.381 e. The highest BCUT2D eigenvalue weighted by Gasteiger charge is 2.45. The number of nitro benzene ring substituents is 1. The molecule has 0 aliphatic heterocycles. The van der Waals surface area contributed by atoms with Crippen LogP contribution in [0.2, 0.25) is 11.1 Å². The van der Waals surface area contributed by atoms with Gasteiger partial charge in [-0.25, -0.2) is 0 Å². The summed E-state index contributed by atoms with van der Waals surface area (Å²) in [7, 11) is -0.620. The van der Waals surface area contributed by atoms with Crippen LogP contribution in [0.15, 0.2) is 29.3 Å². The van der Waals surface area contributed by atoms with E-state index < -0.39 is 13.5 Å². The molecule has 2 N–H and O–H groups in total. The fraction of sp³-hybridized carbons (Fsp3) is 0.667. The van der Waals surface area contributed by atoms with Crippen LogP contribution in [-0.4, -0.2) is 46.2 Å². The zero-order valence-corrected chi connectivity index (χ0v) is 20.4. The number of nitrogens with one attached hydrogen (secondary N) is 2. The quantitative estimate of drug-likeness (QED) is 0.146. The Kier molecular flexibility index (Phi) is 11.4. The summed E-state index contributed by atoms with van der Waals surface area (Å²) < 4.78 is 12.6. The monoisotopic (exact) mass is 438 g/mol. The molecule has 0 saturated carbocycles. The smallest absolute Gasteiger partial charge is 0.345 e. The number of nitro groups is 1. The largest absolute Gasteiger partial charge is 0.381 e. The second-order valence-corrected chi connectivity index (χ2v) is 12.3. The molecule has 0 heterocycles. The second kappa shape index (κ2) is 12.9. The zero-order valence-electron chi connectivity index (χ0n) is 19.4. The van der Waals surface area contributed by atoms with Gasteiger partial charge in [-0.1, -0.05) is 46.8 Å². The number of aliphatic imine (C=N–C) groups is 1. The topological polar surface area (TPSA) is 98.0 Å². The van der Waals surface area contributed by atoms with E-state index in [4.69, 9.17) is 8.85 Å². The summed E-state index contributed by atoms with van der Waals surface area (Å²) in [6, 6.07) is 6.40. The Morgan fingerprint density at radius 1 is 1.13 bits per heavy atom. The van der Waals surface area contributed by atoms with Gasteiger partial charge in [0, 0.05) is 24.4 Å². The molecule has 1 unspecified atom stereocenters. The Labute approximate surface area is 181 Å². The molecule has 8 nitrogen and oxygen atoms in total. The molecule has 0 spiro atoms. The maximum Gasteiger partial charge on any atom is 0.345 e. The third-order valence-electron chi connectivity index (χ3n) is 5.08. The number of non-ortho nitro benzene ring substituents is 1. The van der Waals surface area contributed by atoms with E-state index in [9.17, 15) is 10.1 Å². The van der Waals surface area contributed by atoms with E-state index in [1.807, 2.05) is 14.0 Å². The maximum absolute atomic E-state index is 11.0. The Hall–Kier alpha value is -1.65. The Morgan fingerprint density at radius 2 is 1.70 bits per heavy atom. The molecule has 1 atom stereocenters. The van der Waals surface area contributed by atoms with E-state index in [-0.39, 0.29) is 22.8 Å². The van der Waals surface area contributed by atoms with E-state index in [1.54, 1.807) is 12.1 Å². The van der Waals surface area contributed by atoms with Crippen LogP contribution in [0, 0.1) is 10.1 Å². The molecule has 1 rings (SSSR count). The molecule has 1 aromatic rings. The number of nitrogens with zero attached hydrogens (tertiary/aromatic N) is 2. The summed E-state index contributed by atoms with van der Waals surface area (Å²) in [6.45, 7) is 14.1. The van der Waals surface area contributed by atoms with Crippen molar-refractivity contribution < 1.29 is 13.8 Å². The van der Waals surface area contributed by atoms with Crippen molar-refractivity contribution >= 4 is 20.0 Å². The molecule has 1 aromatic carbocycles. The van der Waals surface area contributed by atoms with E-state index in [0.29, 0.717) is 13.5 Å². The molecule has 0 aliphatic rings. The predicted octanol–water partition coefficient (Wildman–Crippen LogP) is 4.53. The number of hydrogen-bond donors (Lipinski definition) is 2. The highest BCUT2D eigenvalue weighted by molar-refractivity contribution is 6.70. The third kappa shape index (κ3) is 7.24. The van der Waals surface area contributed by atoms with Crippen molar-refractivity contribution in [3.8, 4) is 0 Å². The van der Waals surface area contributed by atoms with Gasteiger partial charge in [-0.3, -0.25) is 25.7 Å².